The molecular weight excluding hydrogens is 601 g/mol. The third kappa shape index (κ3) is 6.13. The highest BCUT2D eigenvalue weighted by Crippen LogP contribution is 2.37. The maximum atomic E-state index is 13.3. The number of rotatable bonds is 7. The van der Waals surface area contributed by atoms with Crippen molar-refractivity contribution in [3.8, 4) is 0 Å². The summed E-state index contributed by atoms with van der Waals surface area (Å²) in [5.41, 5.74) is -0.866. The van der Waals surface area contributed by atoms with Crippen LogP contribution in [0.2, 0.25) is 10.0 Å². The van der Waals surface area contributed by atoms with E-state index in [4.69, 9.17) is 23.2 Å². The highest BCUT2D eigenvalue weighted by molar-refractivity contribution is 7.92. The quantitative estimate of drug-likeness (QED) is 0.364. The number of hydrogen-bond acceptors (Lipinski definition) is 7. The molecule has 10 nitrogen and oxygen atoms in total. The van der Waals surface area contributed by atoms with Gasteiger partial charge in [-0.3, -0.25) is 9.10 Å². The maximum Gasteiger partial charge on any atom is 0.257 e. The molecule has 1 aliphatic heterocycles. The summed E-state index contributed by atoms with van der Waals surface area (Å²) in [6.45, 7) is -0.449. The molecule has 0 unspecified atom stereocenters. The Morgan fingerprint density at radius 1 is 1.02 bits per heavy atom. The number of aliphatic hydroxyl groups excluding tert-OH is 1. The normalized spacial score (nSPS) is 20.2. The number of nitrogens with zero attached hydrogens (tertiary/aromatic N) is 2. The molecule has 0 aliphatic carbocycles. The maximum absolute atomic E-state index is 13.3. The number of amides is 1. The zero-order chi connectivity index (χ0) is 29.5. The summed E-state index contributed by atoms with van der Waals surface area (Å²) in [4.78, 5) is 12.8. The van der Waals surface area contributed by atoms with Gasteiger partial charge < -0.3 is 15.5 Å². The van der Waals surface area contributed by atoms with Crippen LogP contribution < -0.4 is 9.62 Å². The van der Waals surface area contributed by atoms with E-state index in [1.165, 1.54) is 61.6 Å². The smallest absolute Gasteiger partial charge is 0.257 e. The zero-order valence-corrected chi connectivity index (χ0v) is 24.6. The summed E-state index contributed by atoms with van der Waals surface area (Å²) in [7, 11) is -6.33. The Morgan fingerprint density at radius 3 is 2.20 bits per heavy atom. The Morgan fingerprint density at radius 2 is 1.62 bits per heavy atom. The monoisotopic (exact) mass is 627 g/mol. The minimum atomic E-state index is -4.05. The Hall–Kier alpha value is -2.71. The number of halogens is 2. The number of anilines is 2. The van der Waals surface area contributed by atoms with Gasteiger partial charge in [0.15, 0.2) is 0 Å². The number of sulfonamides is 2. The molecule has 2 atom stereocenters. The fraction of sp³-hybridized carbons (Fsp3) is 0.269. The van der Waals surface area contributed by atoms with Gasteiger partial charge in [0.1, 0.15) is 11.7 Å². The van der Waals surface area contributed by atoms with Gasteiger partial charge in [-0.1, -0.05) is 35.3 Å². The second-order valence-electron chi connectivity index (χ2n) is 9.44. The molecular formula is C26H27Cl2N3O7S2. The predicted molar refractivity (Wildman–Crippen MR) is 154 cm³/mol. The van der Waals surface area contributed by atoms with Crippen LogP contribution in [-0.2, 0) is 25.6 Å². The first-order valence-electron chi connectivity index (χ1n) is 11.9. The van der Waals surface area contributed by atoms with Crippen molar-refractivity contribution in [2.24, 2.45) is 0 Å². The van der Waals surface area contributed by atoms with Gasteiger partial charge in [0.05, 0.1) is 22.4 Å². The van der Waals surface area contributed by atoms with Crippen molar-refractivity contribution in [2.75, 3.05) is 36.0 Å². The standard InChI is InChI=1S/C26H27Cl2N3O7S2/c1-30(39(2,35)36)23-6-4-3-5-22(23)25(33)29-20-7-9-21(10-8-20)40(37,38)31-12-11-26(34,24(32)16-31)17-13-18(27)15-19(28)14-17/h3-10,13-15,24,32,34H,11-12,16H2,1-2H3,(H,29,33)/t24-,26+/m1/s1. The molecule has 3 aromatic rings. The van der Waals surface area contributed by atoms with Crippen LogP contribution in [0.3, 0.4) is 0 Å². The summed E-state index contributed by atoms with van der Waals surface area (Å²) in [5, 5.41) is 25.1. The average Bonchev–Trinajstić information content (AvgIpc) is 2.89. The topological polar surface area (TPSA) is 144 Å². The number of carbonyl (C=O) groups is 1. The Bertz CT molecular complexity index is 1630. The fourth-order valence-electron chi connectivity index (χ4n) is 4.43. The Balaban J connectivity index is 1.49. The van der Waals surface area contributed by atoms with Gasteiger partial charge in [-0.25, -0.2) is 16.8 Å². The van der Waals surface area contributed by atoms with Crippen molar-refractivity contribution in [1.82, 2.24) is 4.31 Å². The van der Waals surface area contributed by atoms with Crippen LogP contribution in [0.1, 0.15) is 22.3 Å². The van der Waals surface area contributed by atoms with Gasteiger partial charge in [-0.05, 0) is 66.6 Å². The second kappa shape index (κ2) is 11.3. The molecule has 40 heavy (non-hydrogen) atoms. The highest BCUT2D eigenvalue weighted by Gasteiger charge is 2.45. The second-order valence-corrected chi connectivity index (χ2v) is 14.3. The molecule has 214 valence electrons. The third-order valence-corrected chi connectivity index (χ3v) is 10.3. The number of para-hydroxylation sites is 1. The Labute approximate surface area is 242 Å². The van der Waals surface area contributed by atoms with Crippen molar-refractivity contribution in [3.05, 3.63) is 87.9 Å². The minimum absolute atomic E-state index is 0.0776. The molecule has 0 bridgehead atoms. The number of nitrogens with one attached hydrogen (secondary N) is 1. The molecule has 0 saturated carbocycles. The number of β-amino-alcohol motifs (C(OH)–C–C–N with tert-alkyl or cyclic N) is 1. The van der Waals surface area contributed by atoms with Gasteiger partial charge in [-0.15, -0.1) is 0 Å². The molecule has 3 aromatic carbocycles. The van der Waals surface area contributed by atoms with Crippen LogP contribution in [0.15, 0.2) is 71.6 Å². The molecule has 1 saturated heterocycles. The zero-order valence-electron chi connectivity index (χ0n) is 21.5. The fourth-order valence-corrected chi connectivity index (χ4v) is 6.92. The van der Waals surface area contributed by atoms with E-state index in [0.29, 0.717) is 5.56 Å². The summed E-state index contributed by atoms with van der Waals surface area (Å²) in [6.07, 6.45) is -0.524. The van der Waals surface area contributed by atoms with Crippen molar-refractivity contribution in [2.45, 2.75) is 23.0 Å². The lowest BCUT2D eigenvalue weighted by Gasteiger charge is -2.41. The third-order valence-electron chi connectivity index (χ3n) is 6.77. The highest BCUT2D eigenvalue weighted by atomic mass is 35.5. The van der Waals surface area contributed by atoms with Gasteiger partial charge in [-0.2, -0.15) is 4.31 Å². The average molecular weight is 629 g/mol. The predicted octanol–water partition coefficient (Wildman–Crippen LogP) is 3.28. The summed E-state index contributed by atoms with van der Waals surface area (Å²) < 4.78 is 52.6. The van der Waals surface area contributed by atoms with Crippen LogP contribution in [0, 0.1) is 0 Å². The van der Waals surface area contributed by atoms with Crippen LogP contribution >= 0.6 is 23.2 Å². The van der Waals surface area contributed by atoms with E-state index < -0.39 is 37.7 Å². The summed E-state index contributed by atoms with van der Waals surface area (Å²) in [6, 6.07) is 16.0. The molecule has 3 N–H and O–H groups in total. The minimum Gasteiger partial charge on any atom is -0.388 e. The molecule has 1 amide bonds. The van der Waals surface area contributed by atoms with E-state index in [2.05, 4.69) is 5.32 Å². The van der Waals surface area contributed by atoms with Crippen molar-refractivity contribution in [1.29, 1.82) is 0 Å². The molecule has 1 fully saturated rings. The van der Waals surface area contributed by atoms with Crippen LogP contribution in [0.5, 0.6) is 0 Å². The summed E-state index contributed by atoms with van der Waals surface area (Å²) >= 11 is 12.1. The first-order valence-corrected chi connectivity index (χ1v) is 16.0. The van der Waals surface area contributed by atoms with Gasteiger partial charge in [0.25, 0.3) is 5.91 Å². The summed E-state index contributed by atoms with van der Waals surface area (Å²) in [5.74, 6) is -0.582. The molecule has 0 aromatic heterocycles. The van der Waals surface area contributed by atoms with E-state index in [9.17, 15) is 31.8 Å². The lowest BCUT2D eigenvalue weighted by atomic mass is 9.83. The van der Waals surface area contributed by atoms with Crippen LogP contribution in [0.25, 0.3) is 0 Å². The lowest BCUT2D eigenvalue weighted by Crippen LogP contribution is -2.54. The number of carbonyl (C=O) groups excluding carboxylic acids is 1. The number of piperidine rings is 1. The number of benzene rings is 3. The van der Waals surface area contributed by atoms with Crippen LogP contribution in [0.4, 0.5) is 11.4 Å². The van der Waals surface area contributed by atoms with E-state index in [-0.39, 0.29) is 51.4 Å². The van der Waals surface area contributed by atoms with Crippen LogP contribution in [-0.4, -0.2) is 69.8 Å². The van der Waals surface area contributed by atoms with E-state index >= 15 is 0 Å². The SMILES string of the molecule is CN(c1ccccc1C(=O)Nc1ccc(S(=O)(=O)N2CC[C@](O)(c3cc(Cl)cc(Cl)c3)[C@H](O)C2)cc1)S(C)(=O)=O. The molecule has 14 heteroatoms. The number of hydrogen-bond donors (Lipinski definition) is 3. The molecule has 1 heterocycles. The largest absolute Gasteiger partial charge is 0.388 e. The molecule has 0 radical (unpaired) electrons. The first-order chi connectivity index (χ1) is 18.6. The van der Waals surface area contributed by atoms with Crippen molar-refractivity contribution >= 4 is 60.5 Å². The van der Waals surface area contributed by atoms with E-state index in [1.807, 2.05) is 0 Å². The molecule has 0 spiro atoms. The lowest BCUT2D eigenvalue weighted by molar-refractivity contribution is -0.112. The van der Waals surface area contributed by atoms with Crippen molar-refractivity contribution in [3.63, 3.8) is 0 Å². The number of aliphatic hydroxyl groups is 2. The van der Waals surface area contributed by atoms with E-state index in [0.717, 1.165) is 14.9 Å². The van der Waals surface area contributed by atoms with E-state index in [1.54, 1.807) is 12.1 Å². The Kier molecular flexibility index (Phi) is 8.53. The van der Waals surface area contributed by atoms with Gasteiger partial charge in [0.2, 0.25) is 20.0 Å². The van der Waals surface area contributed by atoms with Gasteiger partial charge >= 0.3 is 0 Å². The van der Waals surface area contributed by atoms with Crippen molar-refractivity contribution < 1.29 is 31.8 Å². The van der Waals surface area contributed by atoms with Gasteiger partial charge in [0, 0.05) is 35.9 Å². The molecule has 4 rings (SSSR count). The first kappa shape index (κ1) is 30.3. The molecule has 1 aliphatic rings.